The van der Waals surface area contributed by atoms with Gasteiger partial charge < -0.3 is 4.90 Å². The average molecular weight is 346 g/mol. The van der Waals surface area contributed by atoms with E-state index in [-0.39, 0.29) is 29.8 Å². The minimum Gasteiger partial charge on any atom is -0.333 e. The van der Waals surface area contributed by atoms with Crippen molar-refractivity contribution in [1.82, 2.24) is 9.80 Å². The standard InChI is InChI=1S/C21H18N2O3/c24-18-10-9-13-5-1-2-6-14(13)19-17(11-12-22(18)19)23-20(25)15-7-3-4-8-16(15)21(23)26/h1-8,17,19H,9-12H2/t17-,19?/m0/s1. The number of fused-ring (bicyclic) bond motifs is 4. The van der Waals surface area contributed by atoms with Gasteiger partial charge in [-0.2, -0.15) is 0 Å². The zero-order chi connectivity index (χ0) is 17.8. The van der Waals surface area contributed by atoms with Gasteiger partial charge in [0.25, 0.3) is 11.8 Å². The maximum atomic E-state index is 12.9. The topological polar surface area (TPSA) is 57.7 Å². The number of hydrogen-bond donors (Lipinski definition) is 0. The van der Waals surface area contributed by atoms with Crippen LogP contribution in [0.25, 0.3) is 0 Å². The summed E-state index contributed by atoms with van der Waals surface area (Å²) < 4.78 is 0. The highest BCUT2D eigenvalue weighted by Crippen LogP contribution is 2.42. The van der Waals surface area contributed by atoms with Crippen LogP contribution in [0.15, 0.2) is 48.5 Å². The zero-order valence-electron chi connectivity index (χ0n) is 14.2. The molecular weight excluding hydrogens is 328 g/mol. The third-order valence-electron chi connectivity index (χ3n) is 5.83. The summed E-state index contributed by atoms with van der Waals surface area (Å²) in [6, 6.07) is 14.4. The number of amides is 3. The van der Waals surface area contributed by atoms with Crippen molar-refractivity contribution in [3.8, 4) is 0 Å². The van der Waals surface area contributed by atoms with Gasteiger partial charge in [0.2, 0.25) is 5.91 Å². The lowest BCUT2D eigenvalue weighted by Crippen LogP contribution is -2.44. The molecule has 2 aromatic rings. The number of carbonyl (C=O) groups is 3. The van der Waals surface area contributed by atoms with Gasteiger partial charge in [0.1, 0.15) is 0 Å². The first-order chi connectivity index (χ1) is 12.7. The first-order valence-electron chi connectivity index (χ1n) is 9.01. The van der Waals surface area contributed by atoms with Crippen LogP contribution in [0.3, 0.4) is 0 Å². The Morgan fingerprint density at radius 2 is 1.46 bits per heavy atom. The number of aryl methyl sites for hydroxylation is 1. The molecule has 1 fully saturated rings. The van der Waals surface area contributed by atoms with Gasteiger partial charge in [-0.3, -0.25) is 19.3 Å². The molecule has 3 heterocycles. The highest BCUT2D eigenvalue weighted by molar-refractivity contribution is 6.21. The number of rotatable bonds is 1. The third kappa shape index (κ3) is 2.00. The van der Waals surface area contributed by atoms with E-state index in [0.29, 0.717) is 36.9 Å². The molecule has 5 heteroatoms. The van der Waals surface area contributed by atoms with Crippen molar-refractivity contribution in [1.29, 1.82) is 0 Å². The third-order valence-corrected chi connectivity index (χ3v) is 5.83. The van der Waals surface area contributed by atoms with Crippen molar-refractivity contribution in [2.45, 2.75) is 31.3 Å². The van der Waals surface area contributed by atoms with Gasteiger partial charge in [0.05, 0.1) is 23.2 Å². The number of carbonyl (C=O) groups excluding carboxylic acids is 3. The van der Waals surface area contributed by atoms with Crippen LogP contribution in [0.2, 0.25) is 0 Å². The van der Waals surface area contributed by atoms with Crippen LogP contribution in [-0.2, 0) is 11.2 Å². The number of hydrogen-bond acceptors (Lipinski definition) is 3. The second kappa shape index (κ2) is 5.53. The SMILES string of the molecule is O=C1CCc2ccccc2C2[C@@H](N3C(=O)c4ccccc4C3=O)CCN12. The second-order valence-electron chi connectivity index (χ2n) is 7.11. The summed E-state index contributed by atoms with van der Waals surface area (Å²) in [6.45, 7) is 0.579. The predicted octanol–water partition coefficient (Wildman–Crippen LogP) is 2.57. The van der Waals surface area contributed by atoms with Gasteiger partial charge in [-0.05, 0) is 36.1 Å². The fourth-order valence-electron chi connectivity index (χ4n) is 4.65. The molecule has 26 heavy (non-hydrogen) atoms. The average Bonchev–Trinajstić information content (AvgIpc) is 3.15. The Hall–Kier alpha value is -2.95. The van der Waals surface area contributed by atoms with Crippen molar-refractivity contribution in [2.75, 3.05) is 6.54 Å². The summed E-state index contributed by atoms with van der Waals surface area (Å²) in [5, 5.41) is 0. The fraction of sp³-hybridized carbons (Fsp3) is 0.286. The number of imide groups is 1. The van der Waals surface area contributed by atoms with E-state index in [2.05, 4.69) is 0 Å². The Morgan fingerprint density at radius 1 is 0.808 bits per heavy atom. The molecule has 0 radical (unpaired) electrons. The number of benzene rings is 2. The van der Waals surface area contributed by atoms with Crippen molar-refractivity contribution >= 4 is 17.7 Å². The molecule has 0 aromatic heterocycles. The summed E-state index contributed by atoms with van der Waals surface area (Å²) >= 11 is 0. The van der Waals surface area contributed by atoms with E-state index in [4.69, 9.17) is 0 Å². The van der Waals surface area contributed by atoms with Crippen LogP contribution < -0.4 is 0 Å². The quantitative estimate of drug-likeness (QED) is 0.746. The van der Waals surface area contributed by atoms with Gasteiger partial charge in [-0.1, -0.05) is 36.4 Å². The smallest absolute Gasteiger partial charge is 0.261 e. The molecule has 5 rings (SSSR count). The lowest BCUT2D eigenvalue weighted by molar-refractivity contribution is -0.132. The molecule has 5 nitrogen and oxygen atoms in total. The van der Waals surface area contributed by atoms with E-state index in [0.717, 1.165) is 11.1 Å². The first-order valence-corrected chi connectivity index (χ1v) is 9.01. The van der Waals surface area contributed by atoms with Crippen molar-refractivity contribution < 1.29 is 14.4 Å². The fourth-order valence-corrected chi connectivity index (χ4v) is 4.65. The van der Waals surface area contributed by atoms with Gasteiger partial charge in [0, 0.05) is 13.0 Å². The van der Waals surface area contributed by atoms with Crippen LogP contribution >= 0.6 is 0 Å². The van der Waals surface area contributed by atoms with Gasteiger partial charge >= 0.3 is 0 Å². The molecule has 130 valence electrons. The summed E-state index contributed by atoms with van der Waals surface area (Å²) in [6.07, 6.45) is 1.80. The van der Waals surface area contributed by atoms with E-state index in [1.165, 1.54) is 4.90 Å². The lowest BCUT2D eigenvalue weighted by Gasteiger charge is -2.32. The van der Waals surface area contributed by atoms with E-state index in [1.807, 2.05) is 29.2 Å². The Balaban J connectivity index is 1.61. The normalized spacial score (nSPS) is 24.4. The van der Waals surface area contributed by atoms with Crippen molar-refractivity contribution in [3.05, 3.63) is 70.8 Å². The summed E-state index contributed by atoms with van der Waals surface area (Å²) in [7, 11) is 0. The summed E-state index contributed by atoms with van der Waals surface area (Å²) in [5.74, 6) is -0.386. The first kappa shape index (κ1) is 15.3. The van der Waals surface area contributed by atoms with Gasteiger partial charge in [-0.25, -0.2) is 0 Å². The second-order valence-corrected chi connectivity index (χ2v) is 7.11. The molecule has 3 aliphatic rings. The lowest BCUT2D eigenvalue weighted by atomic mass is 9.94. The maximum absolute atomic E-state index is 12.9. The minimum atomic E-state index is -0.314. The molecule has 2 aromatic carbocycles. The van der Waals surface area contributed by atoms with Crippen molar-refractivity contribution in [3.63, 3.8) is 0 Å². The molecule has 0 spiro atoms. The van der Waals surface area contributed by atoms with Crippen LogP contribution in [0.4, 0.5) is 0 Å². The van der Waals surface area contributed by atoms with E-state index >= 15 is 0 Å². The molecule has 1 saturated heterocycles. The molecule has 0 bridgehead atoms. The largest absolute Gasteiger partial charge is 0.333 e. The van der Waals surface area contributed by atoms with E-state index in [1.54, 1.807) is 24.3 Å². The monoisotopic (exact) mass is 346 g/mol. The maximum Gasteiger partial charge on any atom is 0.261 e. The minimum absolute atomic E-state index is 0.102. The Morgan fingerprint density at radius 3 is 2.19 bits per heavy atom. The molecule has 3 amide bonds. The van der Waals surface area contributed by atoms with E-state index in [9.17, 15) is 14.4 Å². The highest BCUT2D eigenvalue weighted by Gasteiger charge is 2.49. The summed E-state index contributed by atoms with van der Waals surface area (Å²) in [4.78, 5) is 41.8. The molecular formula is C21H18N2O3. The van der Waals surface area contributed by atoms with Gasteiger partial charge in [0.15, 0.2) is 0 Å². The Bertz CT molecular complexity index is 917. The van der Waals surface area contributed by atoms with Gasteiger partial charge in [-0.15, -0.1) is 0 Å². The highest BCUT2D eigenvalue weighted by atomic mass is 16.2. The molecule has 0 aliphatic carbocycles. The zero-order valence-corrected chi connectivity index (χ0v) is 14.2. The Kier molecular flexibility index (Phi) is 3.26. The predicted molar refractivity (Wildman–Crippen MR) is 94.6 cm³/mol. The molecule has 2 atom stereocenters. The molecule has 3 aliphatic heterocycles. The van der Waals surface area contributed by atoms with Crippen LogP contribution in [-0.4, -0.2) is 40.1 Å². The molecule has 1 unspecified atom stereocenters. The number of nitrogens with zero attached hydrogens (tertiary/aromatic N) is 2. The summed E-state index contributed by atoms with van der Waals surface area (Å²) in [5.41, 5.74) is 3.13. The Labute approximate surface area is 151 Å². The van der Waals surface area contributed by atoms with E-state index < -0.39 is 0 Å². The van der Waals surface area contributed by atoms with Crippen molar-refractivity contribution in [2.24, 2.45) is 0 Å². The molecule has 0 N–H and O–H groups in total. The van der Waals surface area contributed by atoms with Crippen LogP contribution in [0, 0.1) is 0 Å². The molecule has 0 saturated carbocycles. The van der Waals surface area contributed by atoms with Crippen LogP contribution in [0.1, 0.15) is 50.7 Å². The van der Waals surface area contributed by atoms with Crippen LogP contribution in [0.5, 0.6) is 0 Å².